The van der Waals surface area contributed by atoms with Crippen LogP contribution in [0.4, 0.5) is 0 Å². The minimum atomic E-state index is -0.669. The van der Waals surface area contributed by atoms with Gasteiger partial charge in [-0.25, -0.2) is 4.79 Å². The lowest BCUT2D eigenvalue weighted by molar-refractivity contribution is -0.144. The van der Waals surface area contributed by atoms with E-state index in [0.717, 1.165) is 17.5 Å². The number of nitriles is 1. The van der Waals surface area contributed by atoms with Gasteiger partial charge in [0, 0.05) is 5.56 Å². The number of nitrogens with zero attached hydrogens (tertiary/aromatic N) is 1. The molecular formula is C24H17NO4. The van der Waals surface area contributed by atoms with Gasteiger partial charge in [0.1, 0.15) is 11.8 Å². The molecule has 5 heteroatoms. The number of hydrogen-bond donors (Lipinski definition) is 0. The SMILES string of the molecule is N#Cc1ccccc1OCC(=O)OCC(=O)c1ccc2c(c1)-c1ccccc1C2. The van der Waals surface area contributed by atoms with Crippen molar-refractivity contribution in [1.82, 2.24) is 0 Å². The lowest BCUT2D eigenvalue weighted by atomic mass is 10.0. The third-order valence-corrected chi connectivity index (χ3v) is 4.84. The second-order valence-corrected chi connectivity index (χ2v) is 6.69. The van der Waals surface area contributed by atoms with Crippen molar-refractivity contribution >= 4 is 11.8 Å². The fourth-order valence-corrected chi connectivity index (χ4v) is 3.39. The molecule has 1 aliphatic rings. The van der Waals surface area contributed by atoms with Crippen LogP contribution >= 0.6 is 0 Å². The van der Waals surface area contributed by atoms with E-state index in [4.69, 9.17) is 14.7 Å². The summed E-state index contributed by atoms with van der Waals surface area (Å²) >= 11 is 0. The molecule has 0 fully saturated rings. The van der Waals surface area contributed by atoms with Gasteiger partial charge in [0.05, 0.1) is 5.56 Å². The molecule has 0 amide bonds. The Hall–Kier alpha value is -3.91. The molecule has 0 heterocycles. The average molecular weight is 383 g/mol. The zero-order valence-corrected chi connectivity index (χ0v) is 15.6. The summed E-state index contributed by atoms with van der Waals surface area (Å²) in [6.45, 7) is -0.730. The first kappa shape index (κ1) is 18.5. The van der Waals surface area contributed by atoms with Gasteiger partial charge in [-0.05, 0) is 46.9 Å². The topological polar surface area (TPSA) is 76.4 Å². The second-order valence-electron chi connectivity index (χ2n) is 6.69. The number of fused-ring (bicyclic) bond motifs is 3. The largest absolute Gasteiger partial charge is 0.481 e. The van der Waals surface area contributed by atoms with E-state index in [9.17, 15) is 9.59 Å². The summed E-state index contributed by atoms with van der Waals surface area (Å²) in [5.41, 5.74) is 5.45. The van der Waals surface area contributed by atoms with Crippen LogP contribution in [0.15, 0.2) is 66.7 Å². The molecule has 0 N–H and O–H groups in total. The number of carbonyl (C=O) groups excluding carboxylic acids is 2. The highest BCUT2D eigenvalue weighted by Crippen LogP contribution is 2.36. The van der Waals surface area contributed by atoms with E-state index in [1.54, 1.807) is 30.3 Å². The summed E-state index contributed by atoms with van der Waals surface area (Å²) in [6, 6.07) is 22.3. The summed E-state index contributed by atoms with van der Waals surface area (Å²) in [6.07, 6.45) is 0.858. The molecule has 3 aromatic rings. The predicted molar refractivity (Wildman–Crippen MR) is 107 cm³/mol. The van der Waals surface area contributed by atoms with E-state index in [-0.39, 0.29) is 19.0 Å². The van der Waals surface area contributed by atoms with Gasteiger partial charge in [0.25, 0.3) is 0 Å². The van der Waals surface area contributed by atoms with Crippen LogP contribution in [0.5, 0.6) is 5.75 Å². The molecule has 29 heavy (non-hydrogen) atoms. The van der Waals surface area contributed by atoms with Gasteiger partial charge in [-0.2, -0.15) is 5.26 Å². The Bertz CT molecular complexity index is 1140. The first-order chi connectivity index (χ1) is 14.2. The number of ether oxygens (including phenoxy) is 2. The van der Waals surface area contributed by atoms with Crippen molar-refractivity contribution in [2.24, 2.45) is 0 Å². The smallest absolute Gasteiger partial charge is 0.344 e. The maximum Gasteiger partial charge on any atom is 0.344 e. The van der Waals surface area contributed by atoms with Crippen LogP contribution in [0.1, 0.15) is 27.0 Å². The average Bonchev–Trinajstić information content (AvgIpc) is 3.14. The van der Waals surface area contributed by atoms with Crippen molar-refractivity contribution in [3.05, 3.63) is 89.0 Å². The number of esters is 1. The Morgan fingerprint density at radius 2 is 1.66 bits per heavy atom. The lowest BCUT2D eigenvalue weighted by Gasteiger charge is -2.08. The predicted octanol–water partition coefficient (Wildman–Crippen LogP) is 3.93. The highest BCUT2D eigenvalue weighted by molar-refractivity contribution is 5.99. The zero-order valence-electron chi connectivity index (χ0n) is 15.6. The van der Waals surface area contributed by atoms with Gasteiger partial charge < -0.3 is 9.47 Å². The molecule has 0 aliphatic heterocycles. The molecule has 3 aromatic carbocycles. The number of ketones is 1. The van der Waals surface area contributed by atoms with Crippen LogP contribution in [-0.4, -0.2) is 25.0 Å². The third kappa shape index (κ3) is 3.87. The molecular weight excluding hydrogens is 366 g/mol. The molecule has 0 unspecified atom stereocenters. The van der Waals surface area contributed by atoms with Crippen LogP contribution in [0.2, 0.25) is 0 Å². The van der Waals surface area contributed by atoms with Crippen molar-refractivity contribution in [2.75, 3.05) is 13.2 Å². The first-order valence-electron chi connectivity index (χ1n) is 9.17. The second kappa shape index (κ2) is 7.99. The summed E-state index contributed by atoms with van der Waals surface area (Å²) in [5.74, 6) is -0.642. The monoisotopic (exact) mass is 383 g/mol. The quantitative estimate of drug-likeness (QED) is 0.372. The number of Topliss-reactive ketones (excluding diaryl/α,β-unsaturated/α-hetero) is 1. The van der Waals surface area contributed by atoms with Gasteiger partial charge in [0.15, 0.2) is 19.0 Å². The Kier molecular flexibility index (Phi) is 5.08. The number of carbonyl (C=O) groups is 2. The van der Waals surface area contributed by atoms with Crippen molar-refractivity contribution in [3.63, 3.8) is 0 Å². The fraction of sp³-hybridized carbons (Fsp3) is 0.125. The van der Waals surface area contributed by atoms with E-state index in [0.29, 0.717) is 16.9 Å². The van der Waals surface area contributed by atoms with Crippen LogP contribution in [0.25, 0.3) is 11.1 Å². The van der Waals surface area contributed by atoms with Gasteiger partial charge in [-0.1, -0.05) is 48.5 Å². The number of hydrogen-bond acceptors (Lipinski definition) is 5. The fourth-order valence-electron chi connectivity index (χ4n) is 3.39. The van der Waals surface area contributed by atoms with Gasteiger partial charge >= 0.3 is 5.97 Å². The molecule has 0 radical (unpaired) electrons. The summed E-state index contributed by atoms with van der Waals surface area (Å²) < 4.78 is 10.4. The molecule has 1 aliphatic carbocycles. The van der Waals surface area contributed by atoms with Crippen molar-refractivity contribution in [3.8, 4) is 22.9 Å². The first-order valence-corrected chi connectivity index (χ1v) is 9.17. The minimum absolute atomic E-state index is 0.275. The Balaban J connectivity index is 1.36. The van der Waals surface area contributed by atoms with Gasteiger partial charge in [0.2, 0.25) is 0 Å². The molecule has 0 aromatic heterocycles. The molecule has 5 nitrogen and oxygen atoms in total. The molecule has 0 spiro atoms. The summed E-state index contributed by atoms with van der Waals surface area (Å²) in [7, 11) is 0. The molecule has 0 saturated carbocycles. The number of rotatable bonds is 6. The van der Waals surface area contributed by atoms with Crippen molar-refractivity contribution in [2.45, 2.75) is 6.42 Å². The third-order valence-electron chi connectivity index (χ3n) is 4.84. The van der Waals surface area contributed by atoms with E-state index in [1.807, 2.05) is 36.4 Å². The van der Waals surface area contributed by atoms with Crippen LogP contribution in [0, 0.1) is 11.3 Å². The maximum absolute atomic E-state index is 12.5. The molecule has 0 atom stereocenters. The number of para-hydroxylation sites is 1. The van der Waals surface area contributed by atoms with Crippen molar-refractivity contribution < 1.29 is 19.1 Å². The van der Waals surface area contributed by atoms with Crippen LogP contribution in [0.3, 0.4) is 0 Å². The van der Waals surface area contributed by atoms with Gasteiger partial charge in [-0.15, -0.1) is 0 Å². The lowest BCUT2D eigenvalue weighted by Crippen LogP contribution is -2.19. The van der Waals surface area contributed by atoms with E-state index < -0.39 is 5.97 Å². The Labute approximate surface area is 168 Å². The highest BCUT2D eigenvalue weighted by Gasteiger charge is 2.20. The van der Waals surface area contributed by atoms with Crippen molar-refractivity contribution in [1.29, 1.82) is 5.26 Å². The standard InChI is InChI=1S/C24H17NO4/c25-13-19-6-2-4-8-23(19)28-15-24(27)29-14-22(26)18-10-9-17-11-16-5-1-3-7-20(16)21(17)12-18/h1-10,12H,11,14-15H2. The maximum atomic E-state index is 12.5. The molecule has 4 rings (SSSR count). The van der Waals surface area contributed by atoms with Gasteiger partial charge in [-0.3, -0.25) is 4.79 Å². The minimum Gasteiger partial charge on any atom is -0.481 e. The Morgan fingerprint density at radius 1 is 0.897 bits per heavy atom. The molecule has 0 saturated heterocycles. The zero-order chi connectivity index (χ0) is 20.2. The summed E-state index contributed by atoms with van der Waals surface area (Å²) in [4.78, 5) is 24.4. The van der Waals surface area contributed by atoms with E-state index in [2.05, 4.69) is 6.07 Å². The number of benzene rings is 3. The summed E-state index contributed by atoms with van der Waals surface area (Å²) in [5, 5.41) is 9.02. The Morgan fingerprint density at radius 3 is 2.52 bits per heavy atom. The van der Waals surface area contributed by atoms with E-state index in [1.165, 1.54) is 11.1 Å². The van der Waals surface area contributed by atoms with Crippen LogP contribution < -0.4 is 4.74 Å². The highest BCUT2D eigenvalue weighted by atomic mass is 16.6. The molecule has 142 valence electrons. The van der Waals surface area contributed by atoms with E-state index >= 15 is 0 Å². The van der Waals surface area contributed by atoms with Crippen LogP contribution in [-0.2, 0) is 16.0 Å². The normalized spacial score (nSPS) is 11.1. The molecule has 0 bridgehead atoms.